The zero-order valence-corrected chi connectivity index (χ0v) is 18.5. The quantitative estimate of drug-likeness (QED) is 0.392. The lowest BCUT2D eigenvalue weighted by Crippen LogP contribution is -2.38. The Kier molecular flexibility index (Phi) is 6.84. The zero-order valence-electron chi connectivity index (χ0n) is 17.7. The normalized spacial score (nSPS) is 15.5. The summed E-state index contributed by atoms with van der Waals surface area (Å²) in [5, 5.41) is 18.2. The molecule has 3 N–H and O–H groups in total. The summed E-state index contributed by atoms with van der Waals surface area (Å²) in [4.78, 5) is 19.0. The Labute approximate surface area is 186 Å². The number of aliphatic hydroxyl groups is 1. The van der Waals surface area contributed by atoms with E-state index in [1.165, 1.54) is 4.70 Å². The van der Waals surface area contributed by atoms with Crippen LogP contribution in [0.15, 0.2) is 59.6 Å². The number of aliphatic hydroxyl groups excluding tert-OH is 1. The van der Waals surface area contributed by atoms with Crippen molar-refractivity contribution < 1.29 is 9.90 Å². The van der Waals surface area contributed by atoms with Crippen LogP contribution in [0.2, 0.25) is 0 Å². The molecule has 0 bridgehead atoms. The number of rotatable bonds is 7. The summed E-state index contributed by atoms with van der Waals surface area (Å²) in [7, 11) is 1.72. The number of likely N-dealkylation sites (tertiary alicyclic amines) is 1. The van der Waals surface area contributed by atoms with Gasteiger partial charge in [0.15, 0.2) is 5.96 Å². The fourth-order valence-electron chi connectivity index (χ4n) is 3.80. The molecule has 162 valence electrons. The van der Waals surface area contributed by atoms with Gasteiger partial charge in [-0.25, -0.2) is 0 Å². The van der Waals surface area contributed by atoms with Gasteiger partial charge in [-0.2, -0.15) is 0 Å². The maximum absolute atomic E-state index is 11.9. The molecule has 0 spiro atoms. The van der Waals surface area contributed by atoms with Crippen LogP contribution in [0.25, 0.3) is 10.1 Å². The molecule has 0 aliphatic carbocycles. The number of carbonyl (C=O) groups is 1. The number of hydrogen-bond acceptors (Lipinski definition) is 4. The molecular weight excluding hydrogens is 408 g/mol. The van der Waals surface area contributed by atoms with Crippen molar-refractivity contribution in [2.45, 2.75) is 32.0 Å². The number of amides is 1. The first kappa shape index (κ1) is 21.3. The van der Waals surface area contributed by atoms with Crippen molar-refractivity contribution in [3.8, 4) is 0 Å². The molecule has 6 nitrogen and oxygen atoms in total. The molecule has 2 heterocycles. The second-order valence-corrected chi connectivity index (χ2v) is 8.86. The van der Waals surface area contributed by atoms with Crippen LogP contribution in [0.1, 0.15) is 34.9 Å². The van der Waals surface area contributed by atoms with Gasteiger partial charge in [0.25, 0.3) is 0 Å². The summed E-state index contributed by atoms with van der Waals surface area (Å²) >= 11 is 1.61. The number of hydrogen-bond donors (Lipinski definition) is 3. The van der Waals surface area contributed by atoms with Gasteiger partial charge in [0.2, 0.25) is 5.91 Å². The minimum atomic E-state index is -0.600. The topological polar surface area (TPSA) is 77.0 Å². The maximum Gasteiger partial charge on any atom is 0.222 e. The summed E-state index contributed by atoms with van der Waals surface area (Å²) in [5.74, 6) is 0.880. The Morgan fingerprint density at radius 2 is 2.00 bits per heavy atom. The Hall–Kier alpha value is -2.90. The maximum atomic E-state index is 11.9. The van der Waals surface area contributed by atoms with Crippen LogP contribution >= 0.6 is 11.3 Å². The molecule has 3 aromatic rings. The smallest absolute Gasteiger partial charge is 0.222 e. The number of benzene rings is 2. The molecule has 1 aromatic heterocycles. The molecule has 1 amide bonds. The molecule has 1 unspecified atom stereocenters. The van der Waals surface area contributed by atoms with Crippen molar-refractivity contribution in [1.82, 2.24) is 15.5 Å². The van der Waals surface area contributed by atoms with Gasteiger partial charge >= 0.3 is 0 Å². The Morgan fingerprint density at radius 3 is 2.77 bits per heavy atom. The van der Waals surface area contributed by atoms with E-state index in [0.29, 0.717) is 32.0 Å². The van der Waals surface area contributed by atoms with Crippen molar-refractivity contribution in [1.29, 1.82) is 0 Å². The lowest BCUT2D eigenvalue weighted by Gasteiger charge is -2.17. The van der Waals surface area contributed by atoms with E-state index < -0.39 is 6.10 Å². The highest BCUT2D eigenvalue weighted by molar-refractivity contribution is 7.19. The van der Waals surface area contributed by atoms with E-state index in [1.54, 1.807) is 18.4 Å². The van der Waals surface area contributed by atoms with Crippen LogP contribution in [-0.4, -0.2) is 42.0 Å². The number of thiophene rings is 1. The number of nitrogens with zero attached hydrogens (tertiary/aromatic N) is 2. The molecule has 31 heavy (non-hydrogen) atoms. The van der Waals surface area contributed by atoms with Crippen LogP contribution in [0.5, 0.6) is 0 Å². The van der Waals surface area contributed by atoms with Crippen molar-refractivity contribution in [3.05, 3.63) is 70.6 Å². The largest absolute Gasteiger partial charge is 0.386 e. The summed E-state index contributed by atoms with van der Waals surface area (Å²) in [6, 6.07) is 18.4. The second-order valence-electron chi connectivity index (χ2n) is 7.75. The second kappa shape index (κ2) is 9.94. The van der Waals surface area contributed by atoms with Gasteiger partial charge in [0.05, 0.1) is 0 Å². The van der Waals surface area contributed by atoms with E-state index in [2.05, 4.69) is 46.0 Å². The molecule has 2 aromatic carbocycles. The van der Waals surface area contributed by atoms with E-state index in [4.69, 9.17) is 0 Å². The number of guanidine groups is 1. The fraction of sp³-hybridized carbons (Fsp3) is 0.333. The lowest BCUT2D eigenvalue weighted by atomic mass is 10.1. The van der Waals surface area contributed by atoms with Crippen LogP contribution < -0.4 is 10.6 Å². The zero-order chi connectivity index (χ0) is 21.6. The first-order valence-electron chi connectivity index (χ1n) is 10.6. The average molecular weight is 437 g/mol. The molecule has 1 aliphatic rings. The third-order valence-electron chi connectivity index (χ3n) is 5.46. The van der Waals surface area contributed by atoms with E-state index in [1.807, 2.05) is 29.2 Å². The molecule has 0 saturated carbocycles. The van der Waals surface area contributed by atoms with Gasteiger partial charge in [-0.3, -0.25) is 9.79 Å². The molecule has 1 atom stereocenters. The third-order valence-corrected chi connectivity index (χ3v) is 6.67. The van der Waals surface area contributed by atoms with Gasteiger partial charge in [-0.15, -0.1) is 11.3 Å². The predicted octanol–water partition coefficient (Wildman–Crippen LogP) is 3.42. The minimum absolute atomic E-state index is 0.241. The summed E-state index contributed by atoms with van der Waals surface area (Å²) in [6.07, 6.45) is 1.02. The monoisotopic (exact) mass is 436 g/mol. The van der Waals surface area contributed by atoms with Crippen molar-refractivity contribution in [2.24, 2.45) is 4.99 Å². The minimum Gasteiger partial charge on any atom is -0.386 e. The van der Waals surface area contributed by atoms with Crippen molar-refractivity contribution in [2.75, 3.05) is 20.1 Å². The summed E-state index contributed by atoms with van der Waals surface area (Å²) in [5.41, 5.74) is 2.26. The van der Waals surface area contributed by atoms with E-state index in [0.717, 1.165) is 34.4 Å². The fourth-order valence-corrected chi connectivity index (χ4v) is 4.85. The number of nitrogens with one attached hydrogen (secondary N) is 2. The van der Waals surface area contributed by atoms with Gasteiger partial charge in [-0.1, -0.05) is 42.5 Å². The van der Waals surface area contributed by atoms with Gasteiger partial charge in [0.1, 0.15) is 6.10 Å². The predicted molar refractivity (Wildman–Crippen MR) is 126 cm³/mol. The van der Waals surface area contributed by atoms with E-state index in [9.17, 15) is 9.90 Å². The first-order chi connectivity index (χ1) is 15.1. The highest BCUT2D eigenvalue weighted by Gasteiger charge is 2.20. The Bertz CT molecular complexity index is 1050. The first-order valence-corrected chi connectivity index (χ1v) is 11.4. The van der Waals surface area contributed by atoms with Crippen LogP contribution in [0.4, 0.5) is 0 Å². The Balaban J connectivity index is 1.29. The number of aliphatic imine (C=N–C) groups is 1. The lowest BCUT2D eigenvalue weighted by molar-refractivity contribution is -0.128. The van der Waals surface area contributed by atoms with Gasteiger partial charge < -0.3 is 20.6 Å². The van der Waals surface area contributed by atoms with Crippen molar-refractivity contribution in [3.63, 3.8) is 0 Å². The van der Waals surface area contributed by atoms with E-state index in [-0.39, 0.29) is 5.91 Å². The van der Waals surface area contributed by atoms with Gasteiger partial charge in [0, 0.05) is 49.2 Å². The van der Waals surface area contributed by atoms with Crippen LogP contribution in [-0.2, 0) is 17.9 Å². The number of fused-ring (bicyclic) bond motifs is 1. The van der Waals surface area contributed by atoms with E-state index >= 15 is 0 Å². The Morgan fingerprint density at radius 1 is 1.16 bits per heavy atom. The average Bonchev–Trinajstić information content (AvgIpc) is 3.40. The molecule has 1 fully saturated rings. The third kappa shape index (κ3) is 5.42. The summed E-state index contributed by atoms with van der Waals surface area (Å²) < 4.78 is 1.18. The number of carbonyl (C=O) groups excluding carboxylic acids is 1. The standard InChI is InChI=1S/C24H28N4O2S/c1-25-24(27-15-20(29)22-13-19-8-2-3-9-21(19)31-22)26-14-17-6-4-7-18(12-17)16-28-11-5-10-23(28)30/h2-4,6-9,12-13,20,29H,5,10-11,14-16H2,1H3,(H2,25,26,27). The molecule has 0 radical (unpaired) electrons. The van der Waals surface area contributed by atoms with Crippen molar-refractivity contribution >= 4 is 33.3 Å². The van der Waals surface area contributed by atoms with Gasteiger partial charge in [-0.05, 0) is 35.1 Å². The highest BCUT2D eigenvalue weighted by atomic mass is 32.1. The molecule has 1 saturated heterocycles. The SMILES string of the molecule is CN=C(NCc1cccc(CN2CCCC2=O)c1)NCC(O)c1cc2ccccc2s1. The summed E-state index contributed by atoms with van der Waals surface area (Å²) in [6.45, 7) is 2.51. The highest BCUT2D eigenvalue weighted by Crippen LogP contribution is 2.29. The molecule has 1 aliphatic heterocycles. The molecule has 7 heteroatoms. The molecular formula is C24H28N4O2S. The molecule has 4 rings (SSSR count). The van der Waals surface area contributed by atoms with Crippen LogP contribution in [0.3, 0.4) is 0 Å². The van der Waals surface area contributed by atoms with Crippen LogP contribution in [0, 0.1) is 0 Å².